The fraction of sp³-hybridized carbons (Fsp3) is 0.323. The zero-order valence-corrected chi connectivity index (χ0v) is 22.0. The van der Waals surface area contributed by atoms with Gasteiger partial charge in [-0.25, -0.2) is 14.6 Å². The third-order valence-electron chi connectivity index (χ3n) is 8.36. The summed E-state index contributed by atoms with van der Waals surface area (Å²) in [7, 11) is 0. The fourth-order valence-electron chi connectivity index (χ4n) is 6.22. The fourth-order valence-corrected chi connectivity index (χ4v) is 6.22. The molecule has 2 aromatic carbocycles. The molecule has 1 aliphatic heterocycles. The lowest BCUT2D eigenvalue weighted by Crippen LogP contribution is -2.31. The van der Waals surface area contributed by atoms with Crippen LogP contribution in [0.25, 0.3) is 22.3 Å². The lowest BCUT2D eigenvalue weighted by Gasteiger charge is -2.19. The summed E-state index contributed by atoms with van der Waals surface area (Å²) in [6, 6.07) is 19.7. The number of nitriles is 1. The second kappa shape index (κ2) is 9.79. The summed E-state index contributed by atoms with van der Waals surface area (Å²) in [5.74, 6) is 2.92. The van der Waals surface area contributed by atoms with Gasteiger partial charge in [-0.05, 0) is 79.8 Å². The van der Waals surface area contributed by atoms with Crippen LogP contribution in [0.4, 0.5) is 5.82 Å². The molecule has 2 aromatic heterocycles. The average molecular weight is 532 g/mol. The number of nitrogens with zero attached hydrogens (tertiary/aromatic N) is 6. The van der Waals surface area contributed by atoms with Crippen molar-refractivity contribution in [2.45, 2.75) is 31.7 Å². The van der Waals surface area contributed by atoms with Gasteiger partial charge in [0.2, 0.25) is 0 Å². The van der Waals surface area contributed by atoms with Gasteiger partial charge in [-0.2, -0.15) is 10.4 Å². The first-order chi connectivity index (χ1) is 19.6. The number of rotatable bonds is 6. The van der Waals surface area contributed by atoms with E-state index in [-0.39, 0.29) is 11.9 Å². The predicted molar refractivity (Wildman–Crippen MR) is 150 cm³/mol. The highest BCUT2D eigenvalue weighted by Gasteiger charge is 2.44. The van der Waals surface area contributed by atoms with Gasteiger partial charge in [-0.15, -0.1) is 0 Å². The number of hydrogen-bond donors (Lipinski definition) is 1. The van der Waals surface area contributed by atoms with Gasteiger partial charge < -0.3 is 15.4 Å². The van der Waals surface area contributed by atoms with Gasteiger partial charge in [0.15, 0.2) is 5.65 Å². The van der Waals surface area contributed by atoms with Crippen molar-refractivity contribution < 1.29 is 9.53 Å². The maximum Gasteiger partial charge on any atom is 0.264 e. The van der Waals surface area contributed by atoms with E-state index in [0.29, 0.717) is 42.2 Å². The molecule has 1 amide bonds. The summed E-state index contributed by atoms with van der Waals surface area (Å²) in [5.41, 5.74) is 9.04. The quantitative estimate of drug-likeness (QED) is 0.270. The minimum atomic E-state index is -0.118. The molecule has 7 rings (SSSR count). The number of nitrogen functional groups attached to an aromatic ring is 1. The number of carbonyl (C=O) groups excluding carboxylic acids is 1. The van der Waals surface area contributed by atoms with Crippen molar-refractivity contribution in [2.75, 3.05) is 18.8 Å². The van der Waals surface area contributed by atoms with Crippen LogP contribution in [-0.4, -0.2) is 43.6 Å². The SMILES string of the molecule is N#CC(=CC1CC1)C(=O)N1CC2CC(n3nc(-c4ccc(Oc5ccccc5)cc4)c4c(N)ncnc43)CC2C1. The molecule has 3 heterocycles. The molecule has 0 bridgehead atoms. The molecule has 4 aromatic rings. The standard InChI is InChI=1S/C31H29N7O2/c32-15-21(12-19-6-7-19)31(39)37-16-22-13-24(14-23(22)17-37)38-30-27(29(33)34-18-35-30)28(36-38)20-8-10-26(11-9-20)40-25-4-2-1-3-5-25/h1-5,8-12,18-19,22-24H,6-7,13-14,16-17H2,(H2,33,34,35). The highest BCUT2D eigenvalue weighted by molar-refractivity contribution is 5.98. The van der Waals surface area contributed by atoms with Crippen LogP contribution in [0.3, 0.4) is 0 Å². The molecule has 2 atom stereocenters. The Morgan fingerprint density at radius 2 is 1.70 bits per heavy atom. The van der Waals surface area contributed by atoms with Gasteiger partial charge in [0.25, 0.3) is 5.91 Å². The van der Waals surface area contributed by atoms with E-state index >= 15 is 0 Å². The first-order valence-electron chi connectivity index (χ1n) is 13.8. The molecule has 40 heavy (non-hydrogen) atoms. The van der Waals surface area contributed by atoms with E-state index in [0.717, 1.165) is 59.5 Å². The highest BCUT2D eigenvalue weighted by atomic mass is 16.5. The number of likely N-dealkylation sites (tertiary alicyclic amines) is 1. The summed E-state index contributed by atoms with van der Waals surface area (Å²) < 4.78 is 7.96. The smallest absolute Gasteiger partial charge is 0.264 e. The molecule has 200 valence electrons. The minimum Gasteiger partial charge on any atom is -0.457 e. The summed E-state index contributed by atoms with van der Waals surface area (Å²) in [5, 5.41) is 15.3. The molecular weight excluding hydrogens is 502 g/mol. The van der Waals surface area contributed by atoms with Crippen LogP contribution in [0.2, 0.25) is 0 Å². The molecule has 3 fully saturated rings. The van der Waals surface area contributed by atoms with Gasteiger partial charge in [-0.3, -0.25) is 4.79 Å². The van der Waals surface area contributed by atoms with Crippen LogP contribution >= 0.6 is 0 Å². The van der Waals surface area contributed by atoms with E-state index in [1.54, 1.807) is 0 Å². The Kier molecular flexibility index (Phi) is 5.96. The normalized spacial score (nSPS) is 22.3. The van der Waals surface area contributed by atoms with E-state index in [1.165, 1.54) is 6.33 Å². The molecule has 9 heteroatoms. The van der Waals surface area contributed by atoms with Gasteiger partial charge in [0, 0.05) is 18.7 Å². The molecule has 0 spiro atoms. The van der Waals surface area contributed by atoms with Crippen LogP contribution < -0.4 is 10.5 Å². The number of benzene rings is 2. The molecular formula is C31H29N7O2. The van der Waals surface area contributed by atoms with Crippen LogP contribution in [0, 0.1) is 29.1 Å². The van der Waals surface area contributed by atoms with Crippen LogP contribution in [0.15, 0.2) is 72.6 Å². The van der Waals surface area contributed by atoms with Gasteiger partial charge >= 0.3 is 0 Å². The molecule has 2 unspecified atom stereocenters. The Morgan fingerprint density at radius 1 is 1.00 bits per heavy atom. The molecule has 1 saturated heterocycles. The predicted octanol–water partition coefficient (Wildman–Crippen LogP) is 5.14. The maximum absolute atomic E-state index is 13.0. The number of para-hydroxylation sites is 1. The molecule has 3 aliphatic rings. The zero-order chi connectivity index (χ0) is 27.2. The second-order valence-corrected chi connectivity index (χ2v) is 11.1. The van der Waals surface area contributed by atoms with Crippen LogP contribution in [-0.2, 0) is 4.79 Å². The average Bonchev–Trinajstić information content (AvgIpc) is 3.38. The summed E-state index contributed by atoms with van der Waals surface area (Å²) in [4.78, 5) is 23.7. The number of amides is 1. The minimum absolute atomic E-state index is 0.118. The molecule has 2 saturated carbocycles. The van der Waals surface area contributed by atoms with E-state index in [2.05, 4.69) is 16.0 Å². The molecule has 2 N–H and O–H groups in total. The highest BCUT2D eigenvalue weighted by Crippen LogP contribution is 2.46. The molecule has 9 nitrogen and oxygen atoms in total. The summed E-state index contributed by atoms with van der Waals surface area (Å²) >= 11 is 0. The Morgan fingerprint density at radius 3 is 2.38 bits per heavy atom. The monoisotopic (exact) mass is 531 g/mol. The zero-order valence-electron chi connectivity index (χ0n) is 22.0. The molecule has 2 aliphatic carbocycles. The Bertz CT molecular complexity index is 1640. The lowest BCUT2D eigenvalue weighted by atomic mass is 10.0. The van der Waals surface area contributed by atoms with Crippen molar-refractivity contribution in [3.8, 4) is 28.8 Å². The van der Waals surface area contributed by atoms with Crippen molar-refractivity contribution >= 4 is 22.8 Å². The first kappa shape index (κ1) is 24.3. The third-order valence-corrected chi connectivity index (χ3v) is 8.36. The Hall–Kier alpha value is -4.71. The van der Waals surface area contributed by atoms with Crippen molar-refractivity contribution in [1.29, 1.82) is 5.26 Å². The summed E-state index contributed by atoms with van der Waals surface area (Å²) in [6.07, 6.45) is 7.29. The van der Waals surface area contributed by atoms with Gasteiger partial charge in [0.05, 0.1) is 11.4 Å². The number of allylic oxidation sites excluding steroid dienone is 1. The second-order valence-electron chi connectivity index (χ2n) is 11.1. The van der Waals surface area contributed by atoms with Crippen molar-refractivity contribution in [3.05, 3.63) is 72.6 Å². The number of aromatic nitrogens is 4. The van der Waals surface area contributed by atoms with Crippen molar-refractivity contribution in [1.82, 2.24) is 24.6 Å². The number of ether oxygens (including phenoxy) is 1. The Balaban J connectivity index is 1.12. The van der Waals surface area contributed by atoms with Crippen molar-refractivity contribution in [3.63, 3.8) is 0 Å². The number of carbonyl (C=O) groups is 1. The largest absolute Gasteiger partial charge is 0.457 e. The number of anilines is 1. The maximum atomic E-state index is 13.0. The number of nitrogens with two attached hydrogens (primary N) is 1. The van der Waals surface area contributed by atoms with E-state index in [1.807, 2.05) is 70.3 Å². The van der Waals surface area contributed by atoms with Crippen LogP contribution in [0.5, 0.6) is 11.5 Å². The molecule has 0 radical (unpaired) electrons. The van der Waals surface area contributed by atoms with Gasteiger partial charge in [-0.1, -0.05) is 24.3 Å². The van der Waals surface area contributed by atoms with E-state index in [4.69, 9.17) is 15.6 Å². The van der Waals surface area contributed by atoms with Crippen molar-refractivity contribution in [2.24, 2.45) is 17.8 Å². The summed E-state index contributed by atoms with van der Waals surface area (Å²) in [6.45, 7) is 1.35. The first-order valence-corrected chi connectivity index (χ1v) is 13.8. The van der Waals surface area contributed by atoms with E-state index < -0.39 is 0 Å². The van der Waals surface area contributed by atoms with Crippen LogP contribution in [0.1, 0.15) is 31.7 Å². The Labute approximate surface area is 231 Å². The van der Waals surface area contributed by atoms with Gasteiger partial charge in [0.1, 0.15) is 41.0 Å². The topological polar surface area (TPSA) is 123 Å². The number of fused-ring (bicyclic) bond motifs is 2. The third kappa shape index (κ3) is 4.45. The van der Waals surface area contributed by atoms with E-state index in [9.17, 15) is 10.1 Å². The lowest BCUT2D eigenvalue weighted by molar-refractivity contribution is -0.126. The number of hydrogen-bond acceptors (Lipinski definition) is 7.